The van der Waals surface area contributed by atoms with Crippen molar-refractivity contribution >= 4 is 16.9 Å². The Morgan fingerprint density at radius 3 is 2.95 bits per heavy atom. The van der Waals surface area contributed by atoms with Gasteiger partial charge < -0.3 is 10.1 Å². The van der Waals surface area contributed by atoms with Crippen LogP contribution in [0.3, 0.4) is 0 Å². The molecule has 0 atom stereocenters. The molecule has 0 fully saturated rings. The first kappa shape index (κ1) is 14.9. The van der Waals surface area contributed by atoms with Crippen molar-refractivity contribution in [3.8, 4) is 0 Å². The average Bonchev–Trinajstić information content (AvgIpc) is 2.39. The number of aryl methyl sites for hydroxylation is 1. The maximum atomic E-state index is 12.1. The second-order valence-electron chi connectivity index (χ2n) is 4.84. The van der Waals surface area contributed by atoms with E-state index in [4.69, 9.17) is 5.11 Å². The Morgan fingerprint density at radius 1 is 1.52 bits per heavy atom. The highest BCUT2D eigenvalue weighted by molar-refractivity contribution is 5.80. The Hall–Kier alpha value is -2.47. The number of rotatable bonds is 6. The van der Waals surface area contributed by atoms with Crippen molar-refractivity contribution in [3.05, 3.63) is 52.6 Å². The minimum atomic E-state index is -0.934. The number of carboxylic acid groups (broad SMARTS) is 1. The lowest BCUT2D eigenvalue weighted by molar-refractivity contribution is -0.138. The molecule has 1 aromatic heterocycles. The zero-order valence-corrected chi connectivity index (χ0v) is 11.8. The van der Waals surface area contributed by atoms with Crippen LogP contribution >= 0.6 is 0 Å². The van der Waals surface area contributed by atoms with Gasteiger partial charge in [0.15, 0.2) is 0 Å². The molecular formula is C15H17N3O3. The molecule has 0 aliphatic rings. The average molecular weight is 287 g/mol. The van der Waals surface area contributed by atoms with E-state index in [1.807, 2.05) is 19.1 Å². The molecule has 0 radical (unpaired) electrons. The van der Waals surface area contributed by atoms with Gasteiger partial charge in [-0.15, -0.1) is 6.58 Å². The summed E-state index contributed by atoms with van der Waals surface area (Å²) in [6, 6.07) is 5.41. The van der Waals surface area contributed by atoms with Gasteiger partial charge in [0.2, 0.25) is 0 Å². The fourth-order valence-electron chi connectivity index (χ4n) is 2.20. The summed E-state index contributed by atoms with van der Waals surface area (Å²) in [7, 11) is 0. The Bertz CT molecular complexity index is 737. The van der Waals surface area contributed by atoms with Crippen LogP contribution < -0.4 is 5.56 Å². The fraction of sp³-hybridized carbons (Fsp3) is 0.267. The van der Waals surface area contributed by atoms with Crippen molar-refractivity contribution in [3.63, 3.8) is 0 Å². The van der Waals surface area contributed by atoms with Gasteiger partial charge in [-0.1, -0.05) is 18.2 Å². The van der Waals surface area contributed by atoms with E-state index in [1.165, 1.54) is 0 Å². The molecule has 6 heteroatoms. The molecule has 0 amide bonds. The summed E-state index contributed by atoms with van der Waals surface area (Å²) in [5.74, 6) is -0.485. The van der Waals surface area contributed by atoms with Gasteiger partial charge in [-0.05, 0) is 18.6 Å². The number of carboxylic acids is 1. The van der Waals surface area contributed by atoms with Gasteiger partial charge in [0.05, 0.1) is 24.0 Å². The summed E-state index contributed by atoms with van der Waals surface area (Å²) in [4.78, 5) is 31.7. The van der Waals surface area contributed by atoms with Crippen LogP contribution in [0.4, 0.5) is 0 Å². The number of benzene rings is 1. The summed E-state index contributed by atoms with van der Waals surface area (Å²) >= 11 is 0. The highest BCUT2D eigenvalue weighted by Crippen LogP contribution is 2.12. The molecule has 6 nitrogen and oxygen atoms in total. The Morgan fingerprint density at radius 2 is 2.29 bits per heavy atom. The van der Waals surface area contributed by atoms with Crippen LogP contribution in [0.1, 0.15) is 11.4 Å². The SMILES string of the molecule is C=CCN(CC(=O)O)Cc1nc2c(C)cccc2c(=O)[nH]1. The van der Waals surface area contributed by atoms with Crippen LogP contribution in [0.25, 0.3) is 10.9 Å². The van der Waals surface area contributed by atoms with Crippen molar-refractivity contribution in [1.29, 1.82) is 0 Å². The number of fused-ring (bicyclic) bond motifs is 1. The molecule has 21 heavy (non-hydrogen) atoms. The van der Waals surface area contributed by atoms with Crippen LogP contribution in [0.5, 0.6) is 0 Å². The third kappa shape index (κ3) is 3.55. The number of aromatic nitrogens is 2. The molecule has 0 saturated carbocycles. The van der Waals surface area contributed by atoms with Gasteiger partial charge in [-0.2, -0.15) is 0 Å². The van der Waals surface area contributed by atoms with Crippen molar-refractivity contribution < 1.29 is 9.90 Å². The number of aliphatic carboxylic acids is 1. The van der Waals surface area contributed by atoms with Crippen LogP contribution in [0, 0.1) is 6.92 Å². The quantitative estimate of drug-likeness (QED) is 0.782. The number of hydrogen-bond acceptors (Lipinski definition) is 4. The van der Waals surface area contributed by atoms with Crippen molar-refractivity contribution in [2.45, 2.75) is 13.5 Å². The molecule has 2 aromatic rings. The topological polar surface area (TPSA) is 86.3 Å². The second kappa shape index (κ2) is 6.32. The van der Waals surface area contributed by atoms with E-state index in [0.717, 1.165) is 5.56 Å². The van der Waals surface area contributed by atoms with Crippen molar-refractivity contribution in [1.82, 2.24) is 14.9 Å². The van der Waals surface area contributed by atoms with Gasteiger partial charge >= 0.3 is 5.97 Å². The van der Waals surface area contributed by atoms with E-state index < -0.39 is 5.97 Å². The highest BCUT2D eigenvalue weighted by atomic mass is 16.4. The van der Waals surface area contributed by atoms with Gasteiger partial charge in [-0.3, -0.25) is 14.5 Å². The third-order valence-corrected chi connectivity index (χ3v) is 3.11. The predicted octanol–water partition coefficient (Wildman–Crippen LogP) is 1.30. The Kier molecular flexibility index (Phi) is 4.49. The summed E-state index contributed by atoms with van der Waals surface area (Å²) < 4.78 is 0. The largest absolute Gasteiger partial charge is 0.480 e. The molecule has 0 saturated heterocycles. The maximum Gasteiger partial charge on any atom is 0.317 e. The molecular weight excluding hydrogens is 270 g/mol. The van der Waals surface area contributed by atoms with Crippen LogP contribution in [-0.4, -0.2) is 39.0 Å². The van der Waals surface area contributed by atoms with Crippen molar-refractivity contribution in [2.24, 2.45) is 0 Å². The van der Waals surface area contributed by atoms with E-state index in [2.05, 4.69) is 16.5 Å². The summed E-state index contributed by atoms with van der Waals surface area (Å²) in [6.07, 6.45) is 1.62. The first-order valence-electron chi connectivity index (χ1n) is 6.55. The number of para-hydroxylation sites is 1. The van der Waals surface area contributed by atoms with Crippen molar-refractivity contribution in [2.75, 3.05) is 13.1 Å². The van der Waals surface area contributed by atoms with E-state index in [0.29, 0.717) is 23.3 Å². The summed E-state index contributed by atoms with van der Waals surface area (Å²) in [5, 5.41) is 9.43. The lowest BCUT2D eigenvalue weighted by atomic mass is 10.1. The van der Waals surface area contributed by atoms with E-state index >= 15 is 0 Å². The molecule has 0 aliphatic carbocycles. The Labute approximate surface area is 121 Å². The normalized spacial score (nSPS) is 11.0. The van der Waals surface area contributed by atoms with E-state index in [-0.39, 0.29) is 18.6 Å². The summed E-state index contributed by atoms with van der Waals surface area (Å²) in [5.41, 5.74) is 1.34. The van der Waals surface area contributed by atoms with E-state index in [1.54, 1.807) is 17.0 Å². The van der Waals surface area contributed by atoms with E-state index in [9.17, 15) is 9.59 Å². The third-order valence-electron chi connectivity index (χ3n) is 3.11. The van der Waals surface area contributed by atoms with Crippen LogP contribution in [0.15, 0.2) is 35.6 Å². The second-order valence-corrected chi connectivity index (χ2v) is 4.84. The number of H-pyrrole nitrogens is 1. The molecule has 0 unspecified atom stereocenters. The lowest BCUT2D eigenvalue weighted by Crippen LogP contribution is -2.31. The molecule has 1 heterocycles. The molecule has 1 aromatic carbocycles. The minimum absolute atomic E-state index is 0.137. The molecule has 0 spiro atoms. The number of nitrogens with one attached hydrogen (secondary N) is 1. The standard InChI is InChI=1S/C15H17N3O3/c1-3-7-18(9-13(19)20)8-12-16-14-10(2)5-4-6-11(14)15(21)17-12/h3-6H,1,7-9H2,2H3,(H,19,20)(H,16,17,21). The number of aromatic amines is 1. The molecule has 110 valence electrons. The molecule has 0 aliphatic heterocycles. The fourth-order valence-corrected chi connectivity index (χ4v) is 2.20. The lowest BCUT2D eigenvalue weighted by Gasteiger charge is -2.17. The monoisotopic (exact) mass is 287 g/mol. The van der Waals surface area contributed by atoms with Gasteiger partial charge in [-0.25, -0.2) is 4.98 Å². The first-order chi connectivity index (χ1) is 10.0. The molecule has 2 N–H and O–H groups in total. The maximum absolute atomic E-state index is 12.1. The molecule has 2 rings (SSSR count). The zero-order valence-electron chi connectivity index (χ0n) is 11.8. The van der Waals surface area contributed by atoms with Gasteiger partial charge in [0, 0.05) is 6.54 Å². The van der Waals surface area contributed by atoms with Crippen LogP contribution in [-0.2, 0) is 11.3 Å². The smallest absolute Gasteiger partial charge is 0.317 e. The van der Waals surface area contributed by atoms with Gasteiger partial charge in [0.25, 0.3) is 5.56 Å². The number of nitrogens with zero attached hydrogens (tertiary/aromatic N) is 2. The zero-order chi connectivity index (χ0) is 15.4. The summed E-state index contributed by atoms with van der Waals surface area (Å²) in [6.45, 7) is 6.01. The first-order valence-corrected chi connectivity index (χ1v) is 6.55. The minimum Gasteiger partial charge on any atom is -0.480 e. The number of hydrogen-bond donors (Lipinski definition) is 2. The van der Waals surface area contributed by atoms with Crippen LogP contribution in [0.2, 0.25) is 0 Å². The molecule has 0 bridgehead atoms. The Balaban J connectivity index is 2.37. The van der Waals surface area contributed by atoms with Gasteiger partial charge in [0.1, 0.15) is 5.82 Å². The predicted molar refractivity (Wildman–Crippen MR) is 80.2 cm³/mol. The highest BCUT2D eigenvalue weighted by Gasteiger charge is 2.12. The number of carbonyl (C=O) groups is 1.